The zero-order valence-corrected chi connectivity index (χ0v) is 15.2. The van der Waals surface area contributed by atoms with Gasteiger partial charge in [0.2, 0.25) is 0 Å². The van der Waals surface area contributed by atoms with Gasteiger partial charge in [0.05, 0.1) is 19.8 Å². The number of rotatable bonds is 7. The molecule has 1 unspecified atom stereocenters. The lowest BCUT2D eigenvalue weighted by Crippen LogP contribution is -2.26. The maximum absolute atomic E-state index is 9.91. The Hall–Kier alpha value is -2.69. The first-order chi connectivity index (χ1) is 12.7. The molecule has 2 aromatic carbocycles. The van der Waals surface area contributed by atoms with Crippen LogP contribution in [0.2, 0.25) is 0 Å². The lowest BCUT2D eigenvalue weighted by atomic mass is 10.0. The quantitative estimate of drug-likeness (QED) is 0.703. The summed E-state index contributed by atoms with van der Waals surface area (Å²) >= 11 is 0. The molecule has 0 radical (unpaired) electrons. The molecular weight excluding hydrogens is 324 g/mol. The smallest absolute Gasteiger partial charge is 0.118 e. The van der Waals surface area contributed by atoms with E-state index in [0.29, 0.717) is 0 Å². The highest BCUT2D eigenvalue weighted by Gasteiger charge is 2.16. The fraction of sp³-hybridized carbons (Fsp3) is 0.227. The van der Waals surface area contributed by atoms with Gasteiger partial charge in [0.25, 0.3) is 0 Å². The van der Waals surface area contributed by atoms with Crippen LogP contribution in [0, 0.1) is 0 Å². The minimum absolute atomic E-state index is 0.0624. The second kappa shape index (κ2) is 8.61. The van der Waals surface area contributed by atoms with Crippen LogP contribution in [0.1, 0.15) is 17.2 Å². The van der Waals surface area contributed by atoms with E-state index in [2.05, 4.69) is 34.1 Å². The van der Waals surface area contributed by atoms with Gasteiger partial charge in [0.15, 0.2) is 0 Å². The number of ether oxygens (including phenoxy) is 1. The fourth-order valence-corrected chi connectivity index (χ4v) is 3.12. The molecule has 3 aromatic rings. The van der Waals surface area contributed by atoms with E-state index in [1.165, 1.54) is 11.1 Å². The van der Waals surface area contributed by atoms with E-state index in [4.69, 9.17) is 4.74 Å². The predicted octanol–water partition coefficient (Wildman–Crippen LogP) is 3.92. The van der Waals surface area contributed by atoms with Gasteiger partial charge in [-0.2, -0.15) is 0 Å². The zero-order valence-electron chi connectivity index (χ0n) is 15.2. The van der Waals surface area contributed by atoms with Gasteiger partial charge in [0, 0.05) is 18.9 Å². The van der Waals surface area contributed by atoms with E-state index >= 15 is 0 Å². The first-order valence-electron chi connectivity index (χ1n) is 8.65. The molecular formula is C22H24N2O2. The van der Waals surface area contributed by atoms with E-state index in [-0.39, 0.29) is 12.6 Å². The Bertz CT molecular complexity index is 819. The molecule has 3 rings (SSSR count). The van der Waals surface area contributed by atoms with Gasteiger partial charge in [0.1, 0.15) is 5.75 Å². The van der Waals surface area contributed by atoms with E-state index in [9.17, 15) is 5.11 Å². The summed E-state index contributed by atoms with van der Waals surface area (Å²) in [6.45, 7) is 0.809. The molecule has 4 nitrogen and oxygen atoms in total. The van der Waals surface area contributed by atoms with Gasteiger partial charge >= 0.3 is 0 Å². The summed E-state index contributed by atoms with van der Waals surface area (Å²) in [5.41, 5.74) is 4.59. The van der Waals surface area contributed by atoms with Crippen molar-refractivity contribution in [3.8, 4) is 16.9 Å². The standard InChI is InChI=1S/C22H24N2O2/c1-24(22(16-25)19-6-8-21(26-2)9-7-19)15-17-4-3-5-20(14-17)18-10-12-23-13-11-18/h3-14,22,25H,15-16H2,1-2H3. The molecule has 0 amide bonds. The van der Waals surface area contributed by atoms with Crippen molar-refractivity contribution in [3.05, 3.63) is 84.2 Å². The van der Waals surface area contributed by atoms with Crippen LogP contribution >= 0.6 is 0 Å². The molecule has 1 atom stereocenters. The number of hydrogen-bond donors (Lipinski definition) is 1. The van der Waals surface area contributed by atoms with Crippen molar-refractivity contribution < 1.29 is 9.84 Å². The number of benzene rings is 2. The Morgan fingerprint density at radius 1 is 1.00 bits per heavy atom. The maximum Gasteiger partial charge on any atom is 0.118 e. The SMILES string of the molecule is COc1ccc(C(CO)N(C)Cc2cccc(-c3ccncc3)c2)cc1. The molecule has 0 fully saturated rings. The molecule has 0 aliphatic rings. The molecule has 0 aliphatic carbocycles. The van der Waals surface area contributed by atoms with Crippen LogP contribution in [0.3, 0.4) is 0 Å². The zero-order chi connectivity index (χ0) is 18.4. The number of hydrogen-bond acceptors (Lipinski definition) is 4. The largest absolute Gasteiger partial charge is 0.497 e. The van der Waals surface area contributed by atoms with Gasteiger partial charge in [-0.25, -0.2) is 0 Å². The summed E-state index contributed by atoms with van der Waals surface area (Å²) in [7, 11) is 3.69. The number of methoxy groups -OCH3 is 1. The Kier molecular flexibility index (Phi) is 6.00. The highest BCUT2D eigenvalue weighted by Crippen LogP contribution is 2.25. The number of aliphatic hydroxyl groups is 1. The predicted molar refractivity (Wildman–Crippen MR) is 104 cm³/mol. The third kappa shape index (κ3) is 4.28. The van der Waals surface area contributed by atoms with Crippen molar-refractivity contribution >= 4 is 0 Å². The molecule has 1 heterocycles. The summed E-state index contributed by atoms with van der Waals surface area (Å²) in [6.07, 6.45) is 3.61. The summed E-state index contributed by atoms with van der Waals surface area (Å²) in [5.74, 6) is 0.818. The van der Waals surface area contributed by atoms with Crippen LogP contribution in [0.5, 0.6) is 5.75 Å². The van der Waals surface area contributed by atoms with Crippen molar-refractivity contribution in [1.29, 1.82) is 0 Å². The van der Waals surface area contributed by atoms with E-state index < -0.39 is 0 Å². The Morgan fingerprint density at radius 3 is 2.38 bits per heavy atom. The van der Waals surface area contributed by atoms with Crippen molar-refractivity contribution in [3.63, 3.8) is 0 Å². The minimum atomic E-state index is -0.0644. The molecule has 134 valence electrons. The van der Waals surface area contributed by atoms with Crippen LogP contribution in [-0.2, 0) is 6.54 Å². The molecule has 0 bridgehead atoms. The average molecular weight is 348 g/mol. The van der Waals surface area contributed by atoms with Crippen molar-refractivity contribution in [2.24, 2.45) is 0 Å². The molecule has 26 heavy (non-hydrogen) atoms. The number of aliphatic hydroxyl groups excluding tert-OH is 1. The first kappa shape index (κ1) is 18.1. The number of pyridine rings is 1. The molecule has 1 aromatic heterocycles. The van der Waals surface area contributed by atoms with E-state index in [0.717, 1.165) is 23.4 Å². The van der Waals surface area contributed by atoms with Gasteiger partial charge < -0.3 is 9.84 Å². The Labute approximate surface area is 154 Å². The third-order valence-electron chi connectivity index (χ3n) is 4.58. The van der Waals surface area contributed by atoms with Crippen molar-refractivity contribution in [1.82, 2.24) is 9.88 Å². The fourth-order valence-electron chi connectivity index (χ4n) is 3.12. The van der Waals surface area contributed by atoms with Crippen LogP contribution in [-0.4, -0.2) is 35.8 Å². The van der Waals surface area contributed by atoms with E-state index in [1.54, 1.807) is 19.5 Å². The summed E-state index contributed by atoms with van der Waals surface area (Å²) in [4.78, 5) is 6.24. The number of likely N-dealkylation sites (N-methyl/N-ethyl adjacent to an activating group) is 1. The number of nitrogens with zero attached hydrogens (tertiary/aromatic N) is 2. The topological polar surface area (TPSA) is 45.6 Å². The van der Waals surface area contributed by atoms with E-state index in [1.807, 2.05) is 43.4 Å². The minimum Gasteiger partial charge on any atom is -0.497 e. The number of aromatic nitrogens is 1. The molecule has 4 heteroatoms. The monoisotopic (exact) mass is 348 g/mol. The Balaban J connectivity index is 1.76. The molecule has 0 aliphatic heterocycles. The summed E-state index contributed by atoms with van der Waals surface area (Å²) in [6, 6.07) is 20.3. The third-order valence-corrected chi connectivity index (χ3v) is 4.58. The lowest BCUT2D eigenvalue weighted by molar-refractivity contribution is 0.142. The van der Waals surface area contributed by atoms with Crippen LogP contribution < -0.4 is 4.74 Å². The van der Waals surface area contributed by atoms with Crippen molar-refractivity contribution in [2.45, 2.75) is 12.6 Å². The highest BCUT2D eigenvalue weighted by atomic mass is 16.5. The van der Waals surface area contributed by atoms with Crippen molar-refractivity contribution in [2.75, 3.05) is 20.8 Å². The lowest BCUT2D eigenvalue weighted by Gasteiger charge is -2.27. The molecule has 1 N–H and O–H groups in total. The highest BCUT2D eigenvalue weighted by molar-refractivity contribution is 5.63. The van der Waals surface area contributed by atoms with Gasteiger partial charge in [-0.3, -0.25) is 9.88 Å². The summed E-state index contributed by atoms with van der Waals surface area (Å²) < 4.78 is 5.21. The molecule has 0 saturated carbocycles. The second-order valence-corrected chi connectivity index (χ2v) is 6.32. The average Bonchev–Trinajstić information content (AvgIpc) is 2.70. The second-order valence-electron chi connectivity index (χ2n) is 6.32. The van der Waals surface area contributed by atoms with Crippen LogP contribution in [0.15, 0.2) is 73.1 Å². The van der Waals surface area contributed by atoms with Gasteiger partial charge in [-0.15, -0.1) is 0 Å². The Morgan fingerprint density at radius 2 is 1.73 bits per heavy atom. The maximum atomic E-state index is 9.91. The summed E-state index contributed by atoms with van der Waals surface area (Å²) in [5, 5.41) is 9.91. The normalized spacial score (nSPS) is 12.2. The molecule has 0 spiro atoms. The van der Waals surface area contributed by atoms with Gasteiger partial charge in [-0.1, -0.05) is 30.3 Å². The first-order valence-corrected chi connectivity index (χ1v) is 8.65. The van der Waals surface area contributed by atoms with Gasteiger partial charge in [-0.05, 0) is 59.6 Å². The van der Waals surface area contributed by atoms with Crippen LogP contribution in [0.25, 0.3) is 11.1 Å². The van der Waals surface area contributed by atoms with Crippen LogP contribution in [0.4, 0.5) is 0 Å². The molecule has 0 saturated heterocycles.